The summed E-state index contributed by atoms with van der Waals surface area (Å²) in [5, 5.41) is 6.33. The summed E-state index contributed by atoms with van der Waals surface area (Å²) >= 11 is 0. The van der Waals surface area contributed by atoms with Crippen LogP contribution in [0, 0.1) is 5.82 Å². The standard InChI is InChI=1S/C17H20FN3O2.HI/c1-19-17(20-11-12-4-6-13(18)7-5-12)21-14-8-9-15(22-2)16(10-14)23-3;/h4-10H,11H2,1-3H3,(H2,19,20,21);1H. The number of nitrogens with one attached hydrogen (secondary N) is 2. The summed E-state index contributed by atoms with van der Waals surface area (Å²) in [6, 6.07) is 11.8. The molecule has 0 aromatic heterocycles. The van der Waals surface area contributed by atoms with Crippen LogP contribution in [0.3, 0.4) is 0 Å². The predicted octanol–water partition coefficient (Wildman–Crippen LogP) is 3.65. The highest BCUT2D eigenvalue weighted by atomic mass is 127. The molecule has 7 heteroatoms. The lowest BCUT2D eigenvalue weighted by molar-refractivity contribution is 0.355. The number of guanidine groups is 1. The zero-order chi connectivity index (χ0) is 16.7. The van der Waals surface area contributed by atoms with Crippen LogP contribution in [-0.2, 0) is 6.54 Å². The Kier molecular flexibility index (Phi) is 8.31. The molecule has 0 bridgehead atoms. The first-order valence-electron chi connectivity index (χ1n) is 7.10. The monoisotopic (exact) mass is 445 g/mol. The van der Waals surface area contributed by atoms with E-state index in [0.29, 0.717) is 24.0 Å². The second-order valence-corrected chi connectivity index (χ2v) is 4.75. The van der Waals surface area contributed by atoms with E-state index >= 15 is 0 Å². The van der Waals surface area contributed by atoms with Gasteiger partial charge < -0.3 is 20.1 Å². The van der Waals surface area contributed by atoms with Gasteiger partial charge in [-0.15, -0.1) is 24.0 Å². The van der Waals surface area contributed by atoms with Gasteiger partial charge in [-0.2, -0.15) is 0 Å². The molecule has 2 aromatic rings. The molecule has 0 radical (unpaired) electrons. The summed E-state index contributed by atoms with van der Waals surface area (Å²) in [6.45, 7) is 0.535. The van der Waals surface area contributed by atoms with E-state index in [9.17, 15) is 4.39 Å². The summed E-state index contributed by atoms with van der Waals surface area (Å²) in [7, 11) is 4.86. The van der Waals surface area contributed by atoms with E-state index in [0.717, 1.165) is 11.3 Å². The van der Waals surface area contributed by atoms with E-state index in [4.69, 9.17) is 9.47 Å². The van der Waals surface area contributed by atoms with Crippen molar-refractivity contribution < 1.29 is 13.9 Å². The smallest absolute Gasteiger partial charge is 0.195 e. The van der Waals surface area contributed by atoms with Gasteiger partial charge in [0.15, 0.2) is 17.5 Å². The minimum absolute atomic E-state index is 0. The van der Waals surface area contributed by atoms with Crippen molar-refractivity contribution in [3.05, 3.63) is 53.8 Å². The van der Waals surface area contributed by atoms with Gasteiger partial charge in [-0.25, -0.2) is 4.39 Å². The first-order valence-corrected chi connectivity index (χ1v) is 7.10. The van der Waals surface area contributed by atoms with E-state index in [1.165, 1.54) is 12.1 Å². The molecular formula is C17H21FIN3O2. The molecule has 5 nitrogen and oxygen atoms in total. The highest BCUT2D eigenvalue weighted by Gasteiger charge is 2.06. The van der Waals surface area contributed by atoms with Crippen molar-refractivity contribution in [1.82, 2.24) is 5.32 Å². The van der Waals surface area contributed by atoms with E-state index in [-0.39, 0.29) is 29.8 Å². The Balaban J connectivity index is 0.00000288. The Labute approximate surface area is 158 Å². The average Bonchev–Trinajstić information content (AvgIpc) is 2.59. The maximum Gasteiger partial charge on any atom is 0.195 e. The fourth-order valence-corrected chi connectivity index (χ4v) is 2.02. The van der Waals surface area contributed by atoms with Crippen molar-refractivity contribution in [2.75, 3.05) is 26.6 Å². The molecule has 0 heterocycles. The first kappa shape index (κ1) is 20.0. The van der Waals surface area contributed by atoms with Gasteiger partial charge in [0.05, 0.1) is 14.2 Å². The molecule has 0 aliphatic heterocycles. The van der Waals surface area contributed by atoms with Crippen molar-refractivity contribution >= 4 is 35.6 Å². The van der Waals surface area contributed by atoms with Crippen LogP contribution >= 0.6 is 24.0 Å². The largest absolute Gasteiger partial charge is 0.493 e. The van der Waals surface area contributed by atoms with Crippen molar-refractivity contribution in [2.24, 2.45) is 4.99 Å². The minimum atomic E-state index is -0.249. The van der Waals surface area contributed by atoms with Crippen molar-refractivity contribution in [3.8, 4) is 11.5 Å². The second-order valence-electron chi connectivity index (χ2n) is 4.75. The molecule has 24 heavy (non-hydrogen) atoms. The molecule has 0 fully saturated rings. The highest BCUT2D eigenvalue weighted by molar-refractivity contribution is 14.0. The fourth-order valence-electron chi connectivity index (χ4n) is 2.02. The summed E-state index contributed by atoms with van der Waals surface area (Å²) in [5.41, 5.74) is 1.77. The van der Waals surface area contributed by atoms with Gasteiger partial charge in [-0.3, -0.25) is 4.99 Å². The molecule has 130 valence electrons. The molecule has 0 amide bonds. The van der Waals surface area contributed by atoms with Crippen LogP contribution in [0.15, 0.2) is 47.5 Å². The van der Waals surface area contributed by atoms with Crippen LogP contribution < -0.4 is 20.1 Å². The molecule has 0 saturated carbocycles. The molecule has 0 saturated heterocycles. The fraction of sp³-hybridized carbons (Fsp3) is 0.235. The van der Waals surface area contributed by atoms with Crippen LogP contribution in [0.2, 0.25) is 0 Å². The third-order valence-corrected chi connectivity index (χ3v) is 3.24. The van der Waals surface area contributed by atoms with Crippen LogP contribution in [0.4, 0.5) is 10.1 Å². The first-order chi connectivity index (χ1) is 11.2. The van der Waals surface area contributed by atoms with Gasteiger partial charge in [0, 0.05) is 25.3 Å². The van der Waals surface area contributed by atoms with Crippen molar-refractivity contribution in [2.45, 2.75) is 6.54 Å². The van der Waals surface area contributed by atoms with Crippen molar-refractivity contribution in [3.63, 3.8) is 0 Å². The number of nitrogens with zero attached hydrogens (tertiary/aromatic N) is 1. The van der Waals surface area contributed by atoms with E-state index in [2.05, 4.69) is 15.6 Å². The van der Waals surface area contributed by atoms with E-state index in [1.807, 2.05) is 18.2 Å². The number of methoxy groups -OCH3 is 2. The zero-order valence-corrected chi connectivity index (χ0v) is 16.1. The molecule has 0 spiro atoms. The molecule has 0 aliphatic carbocycles. The number of halogens is 2. The lowest BCUT2D eigenvalue weighted by Gasteiger charge is -2.14. The molecule has 0 aliphatic rings. The van der Waals surface area contributed by atoms with Gasteiger partial charge >= 0.3 is 0 Å². The minimum Gasteiger partial charge on any atom is -0.493 e. The quantitative estimate of drug-likeness (QED) is 0.419. The third-order valence-electron chi connectivity index (χ3n) is 3.24. The number of aliphatic imine (C=N–C) groups is 1. The Morgan fingerprint density at radius 2 is 1.71 bits per heavy atom. The SMILES string of the molecule is CN=C(NCc1ccc(F)cc1)Nc1ccc(OC)c(OC)c1.I. The Hall–Kier alpha value is -2.03. The molecular weight excluding hydrogens is 424 g/mol. The summed E-state index contributed by atoms with van der Waals surface area (Å²) in [5.74, 6) is 1.64. The summed E-state index contributed by atoms with van der Waals surface area (Å²) in [4.78, 5) is 4.16. The molecule has 2 aromatic carbocycles. The van der Waals surface area contributed by atoms with Gasteiger partial charge in [0.2, 0.25) is 0 Å². The van der Waals surface area contributed by atoms with Crippen LogP contribution in [0.5, 0.6) is 11.5 Å². The number of hydrogen-bond acceptors (Lipinski definition) is 3. The Morgan fingerprint density at radius 1 is 1.04 bits per heavy atom. The van der Waals surface area contributed by atoms with Crippen LogP contribution in [0.25, 0.3) is 0 Å². The third kappa shape index (κ3) is 5.55. The molecule has 2 rings (SSSR count). The summed E-state index contributed by atoms with van der Waals surface area (Å²) in [6.07, 6.45) is 0. The van der Waals surface area contributed by atoms with Gasteiger partial charge in [0.1, 0.15) is 5.82 Å². The Morgan fingerprint density at radius 3 is 2.29 bits per heavy atom. The van der Waals surface area contributed by atoms with E-state index in [1.54, 1.807) is 33.4 Å². The van der Waals surface area contributed by atoms with Gasteiger partial charge in [-0.05, 0) is 29.8 Å². The van der Waals surface area contributed by atoms with E-state index < -0.39 is 0 Å². The van der Waals surface area contributed by atoms with Gasteiger partial charge in [-0.1, -0.05) is 12.1 Å². The lowest BCUT2D eigenvalue weighted by Crippen LogP contribution is -2.30. The van der Waals surface area contributed by atoms with Crippen molar-refractivity contribution in [1.29, 1.82) is 0 Å². The maximum absolute atomic E-state index is 12.9. The number of rotatable bonds is 5. The topological polar surface area (TPSA) is 54.9 Å². The molecule has 0 atom stereocenters. The number of hydrogen-bond donors (Lipinski definition) is 2. The zero-order valence-electron chi connectivity index (χ0n) is 13.8. The number of anilines is 1. The molecule has 2 N–H and O–H groups in total. The average molecular weight is 445 g/mol. The normalized spacial score (nSPS) is 10.6. The van der Waals surface area contributed by atoms with Gasteiger partial charge in [0.25, 0.3) is 0 Å². The van der Waals surface area contributed by atoms with Crippen LogP contribution in [-0.4, -0.2) is 27.2 Å². The predicted molar refractivity (Wildman–Crippen MR) is 105 cm³/mol. The Bertz CT molecular complexity index is 678. The van der Waals surface area contributed by atoms with Crippen LogP contribution in [0.1, 0.15) is 5.56 Å². The highest BCUT2D eigenvalue weighted by Crippen LogP contribution is 2.29. The summed E-state index contributed by atoms with van der Waals surface area (Å²) < 4.78 is 23.4. The number of ether oxygens (including phenoxy) is 2. The second kappa shape index (κ2) is 9.96. The number of benzene rings is 2. The molecule has 0 unspecified atom stereocenters. The lowest BCUT2D eigenvalue weighted by atomic mass is 10.2. The maximum atomic E-state index is 12.9.